The summed E-state index contributed by atoms with van der Waals surface area (Å²) in [5.74, 6) is -2.36. The van der Waals surface area contributed by atoms with Crippen molar-refractivity contribution in [1.29, 1.82) is 0 Å². The lowest BCUT2D eigenvalue weighted by Crippen LogP contribution is -2.30. The number of rotatable bonds is 73. The average Bonchev–Trinajstić information content (AvgIpc) is 0.924. The number of phosphoric ester groups is 2. The molecule has 0 fully saturated rings. The number of aliphatic hydroxyl groups is 1. The molecular weight excluding hydrogens is 1330 g/mol. The van der Waals surface area contributed by atoms with Crippen LogP contribution in [0.25, 0.3) is 0 Å². The first kappa shape index (κ1) is 97.2. The van der Waals surface area contributed by atoms with E-state index in [1.54, 1.807) is 6.08 Å². The Bertz CT molecular complexity index is 2460. The highest BCUT2D eigenvalue weighted by Crippen LogP contribution is 2.45. The fourth-order valence-electron chi connectivity index (χ4n) is 10.2. The van der Waals surface area contributed by atoms with E-state index in [2.05, 4.69) is 137 Å². The minimum Gasteiger partial charge on any atom is -0.462 e. The number of allylic oxidation sites excluding steroid dienone is 21. The van der Waals surface area contributed by atoms with Gasteiger partial charge in [-0.25, -0.2) is 9.13 Å². The Morgan fingerprint density at radius 2 is 0.549 bits per heavy atom. The lowest BCUT2D eigenvalue weighted by atomic mass is 10.0. The number of unbranched alkanes of at least 4 members (excludes halogenated alkanes) is 26. The number of carbonyl (C=O) groups excluding carboxylic acids is 4. The van der Waals surface area contributed by atoms with Crippen LogP contribution in [0.5, 0.6) is 0 Å². The summed E-state index contributed by atoms with van der Waals surface area (Å²) in [6, 6.07) is 0. The maximum absolute atomic E-state index is 13.1. The molecular formula is C83H140O17P2. The van der Waals surface area contributed by atoms with Crippen LogP contribution >= 0.6 is 15.6 Å². The molecule has 17 nitrogen and oxygen atoms in total. The quantitative estimate of drug-likeness (QED) is 0.0169. The summed E-state index contributed by atoms with van der Waals surface area (Å²) in [5.41, 5.74) is 0. The molecule has 0 aromatic heterocycles. The van der Waals surface area contributed by atoms with Gasteiger partial charge in [-0.3, -0.25) is 37.3 Å². The maximum atomic E-state index is 13.1. The molecule has 5 atom stereocenters. The second-order valence-corrected chi connectivity index (χ2v) is 28.8. The molecule has 0 saturated carbocycles. The molecule has 5 unspecified atom stereocenters. The van der Waals surface area contributed by atoms with Gasteiger partial charge in [0.25, 0.3) is 0 Å². The van der Waals surface area contributed by atoms with E-state index >= 15 is 0 Å². The topological polar surface area (TPSA) is 237 Å². The Balaban J connectivity index is 5.44. The third-order valence-electron chi connectivity index (χ3n) is 16.1. The van der Waals surface area contributed by atoms with Crippen molar-refractivity contribution in [3.63, 3.8) is 0 Å². The van der Waals surface area contributed by atoms with E-state index in [4.69, 9.17) is 37.0 Å². The average molecular weight is 1470 g/mol. The van der Waals surface area contributed by atoms with Crippen LogP contribution in [0.2, 0.25) is 0 Å². The first-order valence-corrected chi connectivity index (χ1v) is 42.4. The van der Waals surface area contributed by atoms with Crippen molar-refractivity contribution in [3.8, 4) is 0 Å². The van der Waals surface area contributed by atoms with E-state index in [0.717, 1.165) is 141 Å². The summed E-state index contributed by atoms with van der Waals surface area (Å²) in [6.07, 6.45) is 83.2. The lowest BCUT2D eigenvalue weighted by molar-refractivity contribution is -0.161. The Labute approximate surface area is 618 Å². The second kappa shape index (κ2) is 74.5. The van der Waals surface area contributed by atoms with E-state index < -0.39 is 97.5 Å². The third-order valence-corrected chi connectivity index (χ3v) is 18.0. The molecule has 0 aromatic rings. The molecule has 0 aliphatic rings. The molecule has 0 aliphatic heterocycles. The molecule has 0 saturated heterocycles. The van der Waals surface area contributed by atoms with E-state index in [0.29, 0.717) is 25.7 Å². The van der Waals surface area contributed by atoms with Crippen LogP contribution in [0.4, 0.5) is 0 Å². The van der Waals surface area contributed by atoms with E-state index in [1.165, 1.54) is 89.9 Å². The van der Waals surface area contributed by atoms with Gasteiger partial charge in [0.1, 0.15) is 19.3 Å². The second-order valence-electron chi connectivity index (χ2n) is 25.9. The van der Waals surface area contributed by atoms with Gasteiger partial charge in [0.05, 0.1) is 32.8 Å². The fourth-order valence-corrected chi connectivity index (χ4v) is 11.8. The Hall–Kier alpha value is -4.80. The SMILES string of the molecule is CC/C=C\C/C=C\C/C=C\C/C=C\C/C=C\CCCCCC(=O)OCC(COP(=O)(O)OCC(O)COP(=O)(O)OCC(COC(=O)C/C=C\C/C=C\C/C=C\C/C=C\C/C=C\CC)OC(=O)CCCCCCCCCCCCCCC)OC(=O)CCCCCCC/C=C\CCCCCCCC. The molecule has 0 amide bonds. The van der Waals surface area contributed by atoms with Crippen molar-refractivity contribution in [2.24, 2.45) is 0 Å². The summed E-state index contributed by atoms with van der Waals surface area (Å²) in [5, 5.41) is 10.6. The minimum atomic E-state index is -5.00. The summed E-state index contributed by atoms with van der Waals surface area (Å²) < 4.78 is 68.4. The number of carbonyl (C=O) groups is 4. The number of phosphoric acid groups is 2. The number of ether oxygens (including phenoxy) is 4. The van der Waals surface area contributed by atoms with Crippen molar-refractivity contribution in [2.75, 3.05) is 39.6 Å². The van der Waals surface area contributed by atoms with Crippen LogP contribution in [0.1, 0.15) is 310 Å². The zero-order chi connectivity index (χ0) is 74.6. The van der Waals surface area contributed by atoms with Crippen LogP contribution in [0.15, 0.2) is 134 Å². The van der Waals surface area contributed by atoms with E-state index in [-0.39, 0.29) is 25.7 Å². The molecule has 3 N–H and O–H groups in total. The lowest BCUT2D eigenvalue weighted by Gasteiger charge is -2.21. The van der Waals surface area contributed by atoms with Gasteiger partial charge in [-0.15, -0.1) is 0 Å². The molecule has 0 rings (SSSR count). The minimum absolute atomic E-state index is 0.0716. The largest absolute Gasteiger partial charge is 0.472 e. The van der Waals surface area contributed by atoms with Crippen LogP contribution < -0.4 is 0 Å². The zero-order valence-corrected chi connectivity index (χ0v) is 65.5. The molecule has 0 bridgehead atoms. The monoisotopic (exact) mass is 1470 g/mol. The van der Waals surface area contributed by atoms with Gasteiger partial charge in [-0.1, -0.05) is 296 Å². The third kappa shape index (κ3) is 73.5. The summed E-state index contributed by atoms with van der Waals surface area (Å²) >= 11 is 0. The Kier molecular flexibility index (Phi) is 71.0. The van der Waals surface area contributed by atoms with E-state index in [9.17, 15) is 43.2 Å². The van der Waals surface area contributed by atoms with Crippen molar-refractivity contribution >= 4 is 39.5 Å². The van der Waals surface area contributed by atoms with Gasteiger partial charge < -0.3 is 33.8 Å². The van der Waals surface area contributed by atoms with Gasteiger partial charge in [0.2, 0.25) is 0 Å². The van der Waals surface area contributed by atoms with Crippen molar-refractivity contribution in [1.82, 2.24) is 0 Å². The van der Waals surface area contributed by atoms with E-state index in [1.807, 2.05) is 18.2 Å². The van der Waals surface area contributed by atoms with Gasteiger partial charge in [-0.2, -0.15) is 0 Å². The molecule has 0 radical (unpaired) electrons. The van der Waals surface area contributed by atoms with Crippen LogP contribution in [0.3, 0.4) is 0 Å². The molecule has 0 aromatic carbocycles. The number of esters is 4. The molecule has 102 heavy (non-hydrogen) atoms. The van der Waals surface area contributed by atoms with Crippen LogP contribution in [0, 0.1) is 0 Å². The summed E-state index contributed by atoms with van der Waals surface area (Å²) in [6.45, 7) is 4.49. The number of aliphatic hydroxyl groups excluding tert-OH is 1. The number of hydrogen-bond acceptors (Lipinski definition) is 15. The standard InChI is InChI=1S/C83H140O17P2/c1-5-9-13-17-21-25-29-33-36-37-38-39-42-45-48-52-56-60-64-68-81(86)94-74-79(100-83(88)70-66-62-58-54-50-46-41-35-31-27-23-19-15-11-7-3)76-98-102(91,92)96-72-77(84)71-95-101(89,90)97-75-78(99-82(87)69-65-61-57-53-49-43-32-28-24-20-16-12-8-4)73-93-80(85)67-63-59-55-51-47-44-40-34-30-26-22-18-14-10-6-2/h9-10,13-14,21-22,25-26,33-36,38-41,45,47-48,51,59,63,77-79,84H,5-8,11-12,15-20,23-24,27-32,37,42-44,46,49-50,52-58,60-62,64-76H2,1-4H3,(H,89,90)(H,91,92)/b13-9-,14-10-,25-21-,26-22-,36-33-,39-38-,40-34-,41-35-,48-45-,51-47-,63-59-. The van der Waals surface area contributed by atoms with Gasteiger partial charge >= 0.3 is 39.5 Å². The Morgan fingerprint density at radius 1 is 0.294 bits per heavy atom. The molecule has 584 valence electrons. The van der Waals surface area contributed by atoms with Crippen molar-refractivity contribution < 1.29 is 80.2 Å². The van der Waals surface area contributed by atoms with Gasteiger partial charge in [0.15, 0.2) is 12.2 Å². The first-order valence-electron chi connectivity index (χ1n) is 39.4. The molecule has 0 aliphatic carbocycles. The van der Waals surface area contributed by atoms with Gasteiger partial charge in [0, 0.05) is 19.3 Å². The molecule has 0 heterocycles. The van der Waals surface area contributed by atoms with Crippen molar-refractivity contribution in [2.45, 2.75) is 329 Å². The summed E-state index contributed by atoms with van der Waals surface area (Å²) in [4.78, 5) is 72.9. The smallest absolute Gasteiger partial charge is 0.462 e. The predicted molar refractivity (Wildman–Crippen MR) is 418 cm³/mol. The highest BCUT2D eigenvalue weighted by atomic mass is 31.2. The number of hydrogen-bond donors (Lipinski definition) is 3. The fraction of sp³-hybridized carbons (Fsp3) is 0.687. The van der Waals surface area contributed by atoms with Crippen LogP contribution in [-0.2, 0) is 65.4 Å². The predicted octanol–water partition coefficient (Wildman–Crippen LogP) is 22.9. The van der Waals surface area contributed by atoms with Crippen LogP contribution in [-0.4, -0.2) is 96.7 Å². The maximum Gasteiger partial charge on any atom is 0.472 e. The normalized spacial score (nSPS) is 14.6. The summed E-state index contributed by atoms with van der Waals surface area (Å²) in [7, 11) is -9.99. The Morgan fingerprint density at radius 3 is 0.892 bits per heavy atom. The zero-order valence-electron chi connectivity index (χ0n) is 63.7. The highest BCUT2D eigenvalue weighted by molar-refractivity contribution is 7.47. The van der Waals surface area contributed by atoms with Gasteiger partial charge in [-0.05, 0) is 122 Å². The molecule has 19 heteroatoms. The highest BCUT2D eigenvalue weighted by Gasteiger charge is 2.30. The molecule has 0 spiro atoms. The van der Waals surface area contributed by atoms with Crippen molar-refractivity contribution in [3.05, 3.63) is 134 Å². The first-order chi connectivity index (χ1) is 49.7.